The largest absolute Gasteiger partial charge is 0.478 e. The minimum Gasteiger partial charge on any atom is -0.478 e. The Morgan fingerprint density at radius 3 is 2.83 bits per heavy atom. The molecule has 3 nitrogen and oxygen atoms in total. The van der Waals surface area contributed by atoms with E-state index in [0.717, 1.165) is 43.0 Å². The molecule has 18 heavy (non-hydrogen) atoms. The van der Waals surface area contributed by atoms with E-state index in [4.69, 9.17) is 5.11 Å². The topological polar surface area (TPSA) is 53.1 Å². The molecule has 0 fully saturated rings. The van der Waals surface area contributed by atoms with Gasteiger partial charge in [-0.15, -0.1) is 0 Å². The second kappa shape index (κ2) is 4.09. The summed E-state index contributed by atoms with van der Waals surface area (Å²) in [5.74, 6) is -1.63. The third kappa shape index (κ3) is 1.57. The van der Waals surface area contributed by atoms with Crippen LogP contribution in [0.2, 0.25) is 0 Å². The number of H-pyrrole nitrogens is 1. The highest BCUT2D eigenvalue weighted by Crippen LogP contribution is 2.37. The van der Waals surface area contributed by atoms with Gasteiger partial charge in [0.15, 0.2) is 0 Å². The molecule has 0 aliphatic heterocycles. The molecule has 1 heterocycles. The Labute approximate surface area is 111 Å². The zero-order valence-corrected chi connectivity index (χ0v) is 11.1. The third-order valence-corrected chi connectivity index (χ3v) is 4.27. The second-order valence-corrected chi connectivity index (χ2v) is 5.36. The van der Waals surface area contributed by atoms with Crippen LogP contribution in [0.3, 0.4) is 0 Å². The summed E-state index contributed by atoms with van der Waals surface area (Å²) in [5, 5.41) is 9.85. The molecular weight excluding hydrogens is 301 g/mol. The molecule has 5 heteroatoms. The molecule has 0 saturated heterocycles. The number of aromatic nitrogens is 1. The Morgan fingerprint density at radius 1 is 1.39 bits per heavy atom. The SMILES string of the molecule is O=C(O)c1cc(F)c(Br)c2c3c([nH]c12)CCCC3. The lowest BCUT2D eigenvalue weighted by Gasteiger charge is -2.11. The van der Waals surface area contributed by atoms with Crippen LogP contribution in [-0.4, -0.2) is 16.1 Å². The lowest BCUT2D eigenvalue weighted by Crippen LogP contribution is -2.00. The molecule has 0 amide bonds. The molecule has 1 aromatic heterocycles. The molecular formula is C13H11BrFNO2. The molecule has 1 aromatic carbocycles. The van der Waals surface area contributed by atoms with Gasteiger partial charge in [0, 0.05) is 11.1 Å². The van der Waals surface area contributed by atoms with Crippen molar-refractivity contribution < 1.29 is 14.3 Å². The second-order valence-electron chi connectivity index (χ2n) is 4.56. The van der Waals surface area contributed by atoms with E-state index in [1.54, 1.807) is 0 Å². The quantitative estimate of drug-likeness (QED) is 0.844. The molecule has 1 aliphatic carbocycles. The van der Waals surface area contributed by atoms with Crippen LogP contribution in [0.25, 0.3) is 10.9 Å². The van der Waals surface area contributed by atoms with Gasteiger partial charge in [-0.1, -0.05) is 0 Å². The summed E-state index contributed by atoms with van der Waals surface area (Å²) < 4.78 is 14.2. The van der Waals surface area contributed by atoms with Gasteiger partial charge >= 0.3 is 5.97 Å². The summed E-state index contributed by atoms with van der Waals surface area (Å²) in [6.07, 6.45) is 3.92. The molecule has 94 valence electrons. The minimum absolute atomic E-state index is 0.0000926. The molecule has 0 radical (unpaired) electrons. The monoisotopic (exact) mass is 311 g/mol. The number of hydrogen-bond donors (Lipinski definition) is 2. The maximum atomic E-state index is 13.8. The fourth-order valence-corrected chi connectivity index (χ4v) is 3.23. The van der Waals surface area contributed by atoms with Gasteiger partial charge in [0.1, 0.15) is 5.82 Å². The van der Waals surface area contributed by atoms with Gasteiger partial charge in [-0.05, 0) is 53.2 Å². The normalized spacial score (nSPS) is 14.8. The number of rotatable bonds is 1. The molecule has 0 saturated carbocycles. The maximum absolute atomic E-state index is 13.8. The fraction of sp³-hybridized carbons (Fsp3) is 0.308. The predicted octanol–water partition coefficient (Wildman–Crippen LogP) is 3.65. The van der Waals surface area contributed by atoms with Crippen LogP contribution in [0.1, 0.15) is 34.5 Å². The summed E-state index contributed by atoms with van der Waals surface area (Å²) >= 11 is 3.23. The van der Waals surface area contributed by atoms with Crippen LogP contribution in [0, 0.1) is 5.82 Å². The molecule has 0 spiro atoms. The maximum Gasteiger partial charge on any atom is 0.337 e. The Morgan fingerprint density at radius 2 is 2.11 bits per heavy atom. The van der Waals surface area contributed by atoms with E-state index in [0.29, 0.717) is 15.4 Å². The number of hydrogen-bond acceptors (Lipinski definition) is 1. The van der Waals surface area contributed by atoms with E-state index >= 15 is 0 Å². The number of carboxylic acids is 1. The standard InChI is InChI=1S/C13H11BrFNO2/c14-11-8(15)5-7(13(17)18)12-10(11)6-3-1-2-4-9(6)16-12/h5,16H,1-4H2,(H,17,18). The number of aryl methyl sites for hydroxylation is 2. The number of halogens is 2. The van der Waals surface area contributed by atoms with Crippen molar-refractivity contribution in [1.82, 2.24) is 4.98 Å². The number of aromatic amines is 1. The van der Waals surface area contributed by atoms with Crippen molar-refractivity contribution in [2.45, 2.75) is 25.7 Å². The Hall–Kier alpha value is -1.36. The average Bonchev–Trinajstić information content (AvgIpc) is 2.72. The first-order chi connectivity index (χ1) is 8.59. The molecule has 0 unspecified atom stereocenters. The summed E-state index contributed by atoms with van der Waals surface area (Å²) in [4.78, 5) is 14.3. The Kier molecular flexibility index (Phi) is 2.66. The zero-order chi connectivity index (χ0) is 12.9. The van der Waals surface area contributed by atoms with E-state index < -0.39 is 11.8 Å². The average molecular weight is 312 g/mol. The van der Waals surface area contributed by atoms with E-state index in [2.05, 4.69) is 20.9 Å². The smallest absolute Gasteiger partial charge is 0.337 e. The number of fused-ring (bicyclic) bond motifs is 3. The van der Waals surface area contributed by atoms with Crippen molar-refractivity contribution in [2.24, 2.45) is 0 Å². The van der Waals surface area contributed by atoms with Gasteiger partial charge < -0.3 is 10.1 Å². The number of carboxylic acid groups (broad SMARTS) is 1. The summed E-state index contributed by atoms with van der Waals surface area (Å²) in [6, 6.07) is 1.07. The van der Waals surface area contributed by atoms with Gasteiger partial charge in [0.25, 0.3) is 0 Å². The minimum atomic E-state index is -1.11. The van der Waals surface area contributed by atoms with Crippen LogP contribution in [0.4, 0.5) is 4.39 Å². The molecule has 0 bridgehead atoms. The van der Waals surface area contributed by atoms with Crippen LogP contribution in [0.15, 0.2) is 10.5 Å². The van der Waals surface area contributed by atoms with E-state index in [9.17, 15) is 9.18 Å². The first-order valence-electron chi connectivity index (χ1n) is 5.84. The first kappa shape index (κ1) is 11.7. The molecule has 2 aromatic rings. The third-order valence-electron chi connectivity index (χ3n) is 3.50. The molecule has 2 N–H and O–H groups in total. The van der Waals surface area contributed by atoms with Crippen molar-refractivity contribution in [3.63, 3.8) is 0 Å². The predicted molar refractivity (Wildman–Crippen MR) is 69.6 cm³/mol. The Bertz CT molecular complexity index is 663. The van der Waals surface area contributed by atoms with E-state index in [-0.39, 0.29) is 5.56 Å². The van der Waals surface area contributed by atoms with Crippen LogP contribution in [-0.2, 0) is 12.8 Å². The highest BCUT2D eigenvalue weighted by molar-refractivity contribution is 9.10. The molecule has 0 atom stereocenters. The summed E-state index contributed by atoms with van der Waals surface area (Å²) in [6.45, 7) is 0. The van der Waals surface area contributed by atoms with Gasteiger partial charge in [0.2, 0.25) is 0 Å². The summed E-state index contributed by atoms with van der Waals surface area (Å²) in [7, 11) is 0. The molecule has 3 rings (SSSR count). The van der Waals surface area contributed by atoms with Gasteiger partial charge in [-0.25, -0.2) is 9.18 Å². The van der Waals surface area contributed by atoms with Gasteiger partial charge in [0.05, 0.1) is 15.6 Å². The van der Waals surface area contributed by atoms with Crippen LogP contribution in [0.5, 0.6) is 0 Å². The van der Waals surface area contributed by atoms with Crippen LogP contribution < -0.4 is 0 Å². The number of aromatic carboxylic acids is 1. The van der Waals surface area contributed by atoms with Crippen molar-refractivity contribution in [1.29, 1.82) is 0 Å². The van der Waals surface area contributed by atoms with Crippen molar-refractivity contribution in [3.8, 4) is 0 Å². The van der Waals surface area contributed by atoms with E-state index in [1.165, 1.54) is 0 Å². The number of nitrogens with one attached hydrogen (secondary N) is 1. The number of benzene rings is 1. The van der Waals surface area contributed by atoms with Gasteiger partial charge in [-0.3, -0.25) is 0 Å². The van der Waals surface area contributed by atoms with Crippen molar-refractivity contribution >= 4 is 32.8 Å². The first-order valence-corrected chi connectivity index (χ1v) is 6.63. The zero-order valence-electron chi connectivity index (χ0n) is 9.52. The lowest BCUT2D eigenvalue weighted by atomic mass is 9.95. The highest BCUT2D eigenvalue weighted by Gasteiger charge is 2.23. The lowest BCUT2D eigenvalue weighted by molar-refractivity contribution is 0.0698. The van der Waals surface area contributed by atoms with Gasteiger partial charge in [-0.2, -0.15) is 0 Å². The Balaban J connectivity index is 2.43. The van der Waals surface area contributed by atoms with E-state index in [1.807, 2.05) is 0 Å². The van der Waals surface area contributed by atoms with Crippen molar-refractivity contribution in [3.05, 3.63) is 33.2 Å². The molecule has 1 aliphatic rings. The highest BCUT2D eigenvalue weighted by atomic mass is 79.9. The van der Waals surface area contributed by atoms with Crippen LogP contribution >= 0.6 is 15.9 Å². The fourth-order valence-electron chi connectivity index (χ4n) is 2.68. The number of carbonyl (C=O) groups is 1. The van der Waals surface area contributed by atoms with Crippen molar-refractivity contribution in [2.75, 3.05) is 0 Å². The summed E-state index contributed by atoms with van der Waals surface area (Å²) in [5.41, 5.74) is 2.64.